The fraction of sp³-hybridized carbons (Fsp3) is 0.718. The number of carbonyl (C=O) groups excluding carboxylic acids is 2. The average molecular weight is 672 g/mol. The van der Waals surface area contributed by atoms with Gasteiger partial charge in [-0.05, 0) is 47.8 Å². The molecule has 0 spiro atoms. The summed E-state index contributed by atoms with van der Waals surface area (Å²) in [7, 11) is 0. The molecular formula is C39H61NO8. The number of Topliss-reactive ketones (excluding diaryl/α,β-unsaturated/α-hetero) is 1. The van der Waals surface area contributed by atoms with Crippen LogP contribution in [0.5, 0.6) is 0 Å². The number of allylic oxidation sites excluding steroid dienone is 1. The van der Waals surface area contributed by atoms with E-state index >= 15 is 0 Å². The van der Waals surface area contributed by atoms with Crippen LogP contribution in [-0.2, 0) is 39.9 Å². The summed E-state index contributed by atoms with van der Waals surface area (Å²) in [6.45, 7) is 25.5. The molecule has 1 fully saturated rings. The van der Waals surface area contributed by atoms with Crippen LogP contribution in [0.4, 0.5) is 0 Å². The van der Waals surface area contributed by atoms with Gasteiger partial charge in [0, 0.05) is 50.5 Å². The lowest BCUT2D eigenvalue weighted by Gasteiger charge is -2.45. The summed E-state index contributed by atoms with van der Waals surface area (Å²) in [5, 5.41) is 12.5. The second kappa shape index (κ2) is 17.5. The number of carbonyl (C=O) groups is 2. The molecular weight excluding hydrogens is 610 g/mol. The smallest absolute Gasteiger partial charge is 0.303 e. The van der Waals surface area contributed by atoms with Crippen molar-refractivity contribution < 1.29 is 38.4 Å². The predicted octanol–water partition coefficient (Wildman–Crippen LogP) is 6.52. The SMILES string of the molecule is C=C1[C@H](OCC(C)C)[C@@H](OCC(C)C)[C@@H](OCc2cccnc2)C(C)(C)/C=C/[C@@H](C)C(=O)[C@@]2(O)C[C@H](C)[C@H](OCCC)[C@@H]2[C@H]1OC(C)=O. The van der Waals surface area contributed by atoms with Crippen molar-refractivity contribution in [2.45, 2.75) is 125 Å². The molecule has 1 heterocycles. The van der Waals surface area contributed by atoms with Gasteiger partial charge in [-0.2, -0.15) is 0 Å². The summed E-state index contributed by atoms with van der Waals surface area (Å²) in [6, 6.07) is 3.82. The highest BCUT2D eigenvalue weighted by molar-refractivity contribution is 5.91. The fourth-order valence-corrected chi connectivity index (χ4v) is 7.02. The quantitative estimate of drug-likeness (QED) is 0.185. The molecule has 0 aromatic carbocycles. The number of pyridine rings is 1. The fourth-order valence-electron chi connectivity index (χ4n) is 7.02. The minimum Gasteiger partial charge on any atom is -0.457 e. The first-order valence-corrected chi connectivity index (χ1v) is 17.7. The van der Waals surface area contributed by atoms with Gasteiger partial charge in [-0.15, -0.1) is 0 Å². The van der Waals surface area contributed by atoms with Crippen LogP contribution in [0.3, 0.4) is 0 Å². The van der Waals surface area contributed by atoms with Crippen molar-refractivity contribution in [3.05, 3.63) is 54.4 Å². The number of aliphatic hydroxyl groups is 1. The Hall–Kier alpha value is -2.43. The first-order valence-electron chi connectivity index (χ1n) is 17.7. The first-order chi connectivity index (χ1) is 22.5. The number of rotatable bonds is 13. The van der Waals surface area contributed by atoms with Crippen LogP contribution in [0, 0.1) is 35.0 Å². The second-order valence-corrected chi connectivity index (χ2v) is 15.3. The molecule has 3 rings (SSSR count). The highest BCUT2D eigenvalue weighted by atomic mass is 16.6. The molecule has 0 bridgehead atoms. The zero-order chi connectivity index (χ0) is 35.8. The molecule has 0 aliphatic heterocycles. The molecule has 270 valence electrons. The Morgan fingerprint density at radius 1 is 1.04 bits per heavy atom. The van der Waals surface area contributed by atoms with E-state index in [0.29, 0.717) is 25.4 Å². The second-order valence-electron chi connectivity index (χ2n) is 15.3. The van der Waals surface area contributed by atoms with Crippen LogP contribution in [-0.4, -0.2) is 77.8 Å². The minimum atomic E-state index is -1.85. The Morgan fingerprint density at radius 2 is 1.71 bits per heavy atom. The van der Waals surface area contributed by atoms with Crippen molar-refractivity contribution in [2.24, 2.45) is 35.0 Å². The molecule has 1 N–H and O–H groups in total. The van der Waals surface area contributed by atoms with E-state index in [1.807, 2.05) is 52.0 Å². The molecule has 9 heteroatoms. The third-order valence-electron chi connectivity index (χ3n) is 9.33. The lowest BCUT2D eigenvalue weighted by molar-refractivity contribution is -0.180. The molecule has 2 aliphatic rings. The summed E-state index contributed by atoms with van der Waals surface area (Å²) >= 11 is 0. The first kappa shape index (κ1) is 40.0. The number of hydrogen-bond acceptors (Lipinski definition) is 9. The number of nitrogens with zero attached hydrogens (tertiary/aromatic N) is 1. The van der Waals surface area contributed by atoms with Crippen LogP contribution in [0.15, 0.2) is 48.8 Å². The van der Waals surface area contributed by atoms with Crippen LogP contribution in [0.1, 0.15) is 87.6 Å². The summed E-state index contributed by atoms with van der Waals surface area (Å²) in [6.07, 6.45) is 4.42. The molecule has 1 aromatic heterocycles. The lowest BCUT2D eigenvalue weighted by Crippen LogP contribution is -2.57. The molecule has 48 heavy (non-hydrogen) atoms. The van der Waals surface area contributed by atoms with Gasteiger partial charge >= 0.3 is 5.97 Å². The topological polar surface area (TPSA) is 113 Å². The Labute approximate surface area is 288 Å². The van der Waals surface area contributed by atoms with Crippen molar-refractivity contribution in [2.75, 3.05) is 19.8 Å². The maximum Gasteiger partial charge on any atom is 0.303 e. The Balaban J connectivity index is 2.32. The van der Waals surface area contributed by atoms with Gasteiger partial charge in [-0.25, -0.2) is 0 Å². The van der Waals surface area contributed by atoms with Crippen LogP contribution in [0.25, 0.3) is 0 Å². The van der Waals surface area contributed by atoms with E-state index in [1.165, 1.54) is 6.92 Å². The predicted molar refractivity (Wildman–Crippen MR) is 186 cm³/mol. The van der Waals surface area contributed by atoms with Crippen molar-refractivity contribution in [1.82, 2.24) is 4.98 Å². The van der Waals surface area contributed by atoms with Gasteiger partial charge in [0.15, 0.2) is 5.78 Å². The summed E-state index contributed by atoms with van der Waals surface area (Å²) in [5.41, 5.74) is -1.24. The number of hydrogen-bond donors (Lipinski definition) is 1. The number of aromatic nitrogens is 1. The maximum absolute atomic E-state index is 14.4. The van der Waals surface area contributed by atoms with E-state index < -0.39 is 59.3 Å². The van der Waals surface area contributed by atoms with Gasteiger partial charge < -0.3 is 28.8 Å². The van der Waals surface area contributed by atoms with E-state index in [4.69, 9.17) is 23.7 Å². The van der Waals surface area contributed by atoms with Gasteiger partial charge in [0.2, 0.25) is 0 Å². The molecule has 0 radical (unpaired) electrons. The zero-order valence-corrected chi connectivity index (χ0v) is 30.9. The van der Waals surface area contributed by atoms with Gasteiger partial charge in [0.1, 0.15) is 23.9 Å². The third kappa shape index (κ3) is 9.84. The van der Waals surface area contributed by atoms with Crippen LogP contribution in [0.2, 0.25) is 0 Å². The van der Waals surface area contributed by atoms with Gasteiger partial charge in [-0.3, -0.25) is 14.6 Å². The number of ether oxygens (including phenoxy) is 5. The number of esters is 1. The molecule has 1 aromatic rings. The molecule has 2 aliphatic carbocycles. The van der Waals surface area contributed by atoms with E-state index in [1.54, 1.807) is 19.3 Å². The molecule has 0 unspecified atom stereocenters. The molecule has 0 saturated heterocycles. The average Bonchev–Trinajstić information content (AvgIpc) is 3.28. The molecule has 1 saturated carbocycles. The highest BCUT2D eigenvalue weighted by Gasteiger charge is 2.62. The van der Waals surface area contributed by atoms with Gasteiger partial charge in [0.25, 0.3) is 0 Å². The van der Waals surface area contributed by atoms with Crippen molar-refractivity contribution in [3.8, 4) is 0 Å². The molecule has 9 atom stereocenters. The molecule has 0 amide bonds. The van der Waals surface area contributed by atoms with E-state index in [2.05, 4.69) is 39.3 Å². The molecule has 9 nitrogen and oxygen atoms in total. The third-order valence-corrected chi connectivity index (χ3v) is 9.33. The maximum atomic E-state index is 14.4. The van der Waals surface area contributed by atoms with Crippen molar-refractivity contribution in [3.63, 3.8) is 0 Å². The number of ketones is 1. The zero-order valence-electron chi connectivity index (χ0n) is 30.9. The van der Waals surface area contributed by atoms with E-state index in [0.717, 1.165) is 12.0 Å². The normalized spacial score (nSPS) is 33.3. The van der Waals surface area contributed by atoms with E-state index in [-0.39, 0.29) is 36.6 Å². The summed E-state index contributed by atoms with van der Waals surface area (Å²) in [5.74, 6) is -2.32. The number of fused-ring (bicyclic) bond motifs is 1. The Morgan fingerprint density at radius 3 is 2.29 bits per heavy atom. The largest absolute Gasteiger partial charge is 0.457 e. The summed E-state index contributed by atoms with van der Waals surface area (Å²) in [4.78, 5) is 31.5. The van der Waals surface area contributed by atoms with Crippen molar-refractivity contribution in [1.29, 1.82) is 0 Å². The van der Waals surface area contributed by atoms with Gasteiger partial charge in [-0.1, -0.05) is 87.1 Å². The Bertz CT molecular complexity index is 1230. The van der Waals surface area contributed by atoms with Crippen LogP contribution < -0.4 is 0 Å². The van der Waals surface area contributed by atoms with E-state index in [9.17, 15) is 14.7 Å². The minimum absolute atomic E-state index is 0.159. The lowest BCUT2D eigenvalue weighted by atomic mass is 9.72. The Kier molecular flexibility index (Phi) is 14.6. The van der Waals surface area contributed by atoms with Gasteiger partial charge in [0.05, 0.1) is 24.7 Å². The van der Waals surface area contributed by atoms with Crippen LogP contribution >= 0.6 is 0 Å². The summed E-state index contributed by atoms with van der Waals surface area (Å²) < 4.78 is 32.8. The highest BCUT2D eigenvalue weighted by Crippen LogP contribution is 2.49. The monoisotopic (exact) mass is 671 g/mol. The standard InChI is InChI=1S/C39H61NO8/c1-12-18-44-32-27(7)19-39(43)31(32)33(48-29(9)41)28(8)34(45-21-24(2)3)35(46-22-25(4)5)37(47-23-30-14-13-17-40-20-30)38(10,11)16-15-26(6)36(39)42/h13-17,20,24-27,31-35,37,43H,8,12,18-19,21-23H2,1-7,9-11H3/b16-15+/t26-,27+,31-,32+,33+,34+,35-,37-,39-/m1/s1. The van der Waals surface area contributed by atoms with Crippen molar-refractivity contribution >= 4 is 11.8 Å².